The lowest BCUT2D eigenvalue weighted by Crippen LogP contribution is -2.09. The molecule has 0 heterocycles. The van der Waals surface area contributed by atoms with Crippen LogP contribution in [0.3, 0.4) is 0 Å². The fraction of sp³-hybridized carbons (Fsp3) is 0.200. The number of aryl methyl sites for hydroxylation is 1. The summed E-state index contributed by atoms with van der Waals surface area (Å²) in [6.45, 7) is 2.01. The second kappa shape index (κ2) is 5.45. The molecule has 20 heavy (non-hydrogen) atoms. The molecule has 2 aromatic carbocycles. The molecular weight excluding hydrogens is 267 g/mol. The molecule has 0 atom stereocenters. The Labute approximate surface area is 115 Å². The Morgan fingerprint density at radius 1 is 1.05 bits per heavy atom. The van der Waals surface area contributed by atoms with Crippen LogP contribution in [0.4, 0.5) is 18.9 Å². The smallest absolute Gasteiger partial charge is 0.420 e. The van der Waals surface area contributed by atoms with Gasteiger partial charge in [0.25, 0.3) is 0 Å². The molecule has 2 N–H and O–H groups in total. The first-order valence-electron chi connectivity index (χ1n) is 6.01. The quantitative estimate of drug-likeness (QED) is 0.857. The van der Waals surface area contributed by atoms with Crippen LogP contribution in [-0.2, 0) is 12.8 Å². The Bertz CT molecular complexity index is 591. The zero-order valence-electron chi connectivity index (χ0n) is 10.9. The molecule has 2 aromatic rings. The lowest BCUT2D eigenvalue weighted by Gasteiger charge is -2.14. The van der Waals surface area contributed by atoms with E-state index in [1.807, 2.05) is 31.2 Å². The number of nitrogens with two attached hydrogens (primary N) is 1. The van der Waals surface area contributed by atoms with Crippen molar-refractivity contribution in [2.24, 2.45) is 0 Å². The van der Waals surface area contributed by atoms with E-state index in [1.54, 1.807) is 0 Å². The fourth-order valence-electron chi connectivity index (χ4n) is 1.74. The van der Waals surface area contributed by atoms with Gasteiger partial charge in [-0.15, -0.1) is 0 Å². The van der Waals surface area contributed by atoms with Crippen LogP contribution >= 0.6 is 0 Å². The van der Waals surface area contributed by atoms with Crippen LogP contribution in [0.25, 0.3) is 0 Å². The van der Waals surface area contributed by atoms with E-state index in [-0.39, 0.29) is 18.0 Å². The maximum absolute atomic E-state index is 12.9. The van der Waals surface area contributed by atoms with Crippen LogP contribution in [0.2, 0.25) is 0 Å². The Morgan fingerprint density at radius 3 is 2.30 bits per heavy atom. The monoisotopic (exact) mass is 281 g/mol. The van der Waals surface area contributed by atoms with Crippen molar-refractivity contribution in [2.75, 3.05) is 5.73 Å². The minimum Gasteiger partial charge on any atom is -0.488 e. The Balaban J connectivity index is 2.19. The summed E-state index contributed by atoms with van der Waals surface area (Å²) in [5.41, 5.74) is 6.48. The molecule has 5 heteroatoms. The minimum atomic E-state index is -4.49. The molecule has 0 saturated carbocycles. The summed E-state index contributed by atoms with van der Waals surface area (Å²) < 4.78 is 43.9. The summed E-state index contributed by atoms with van der Waals surface area (Å²) in [5.74, 6) is -0.215. The Kier molecular flexibility index (Phi) is 3.88. The number of hydrogen-bond acceptors (Lipinski definition) is 2. The van der Waals surface area contributed by atoms with Gasteiger partial charge in [-0.05, 0) is 30.7 Å². The predicted octanol–water partition coefficient (Wildman–Crippen LogP) is 4.18. The summed E-state index contributed by atoms with van der Waals surface area (Å²) >= 11 is 0. The summed E-state index contributed by atoms with van der Waals surface area (Å²) in [4.78, 5) is 0. The van der Waals surface area contributed by atoms with Crippen molar-refractivity contribution < 1.29 is 17.9 Å². The van der Waals surface area contributed by atoms with Crippen LogP contribution in [-0.4, -0.2) is 0 Å². The molecule has 2 nitrogen and oxygen atoms in total. The first-order valence-corrected chi connectivity index (χ1v) is 6.01. The zero-order valence-corrected chi connectivity index (χ0v) is 10.9. The van der Waals surface area contributed by atoms with Crippen molar-refractivity contribution in [1.82, 2.24) is 0 Å². The number of benzene rings is 2. The lowest BCUT2D eigenvalue weighted by atomic mass is 10.1. The summed E-state index contributed by atoms with van der Waals surface area (Å²) in [6.07, 6.45) is -4.49. The van der Waals surface area contributed by atoms with E-state index in [1.165, 1.54) is 12.1 Å². The number of ether oxygens (including phenoxy) is 1. The molecule has 0 aliphatic rings. The molecule has 106 valence electrons. The highest BCUT2D eigenvalue weighted by Gasteiger charge is 2.34. The van der Waals surface area contributed by atoms with Crippen LogP contribution in [0.1, 0.15) is 16.7 Å². The van der Waals surface area contributed by atoms with Gasteiger partial charge in [-0.1, -0.05) is 29.8 Å². The van der Waals surface area contributed by atoms with E-state index in [9.17, 15) is 13.2 Å². The standard InChI is InChI=1S/C15H14F3NO/c1-10-2-4-11(5-3-10)9-20-14-7-6-12(19)8-13(14)15(16,17)18/h2-8H,9,19H2,1H3. The third-order valence-electron chi connectivity index (χ3n) is 2.82. The number of nitrogen functional groups attached to an aromatic ring is 1. The molecule has 0 fully saturated rings. The zero-order chi connectivity index (χ0) is 14.8. The van der Waals surface area contributed by atoms with Gasteiger partial charge < -0.3 is 10.5 Å². The average Bonchev–Trinajstić information content (AvgIpc) is 2.38. The van der Waals surface area contributed by atoms with Gasteiger partial charge >= 0.3 is 6.18 Å². The minimum absolute atomic E-state index is 0.0556. The second-order valence-electron chi connectivity index (χ2n) is 4.53. The largest absolute Gasteiger partial charge is 0.488 e. The Morgan fingerprint density at radius 2 is 1.70 bits per heavy atom. The van der Waals surface area contributed by atoms with Gasteiger partial charge in [-0.25, -0.2) is 0 Å². The van der Waals surface area contributed by atoms with Crippen LogP contribution in [0, 0.1) is 6.92 Å². The first-order chi connectivity index (χ1) is 9.36. The molecule has 0 radical (unpaired) electrons. The van der Waals surface area contributed by atoms with E-state index in [2.05, 4.69) is 0 Å². The molecule has 0 spiro atoms. The van der Waals surface area contributed by atoms with Gasteiger partial charge in [0.1, 0.15) is 12.4 Å². The predicted molar refractivity (Wildman–Crippen MR) is 71.4 cm³/mol. The van der Waals surface area contributed by atoms with Gasteiger partial charge in [-0.3, -0.25) is 0 Å². The molecule has 0 aliphatic carbocycles. The van der Waals surface area contributed by atoms with Gasteiger partial charge in [0.2, 0.25) is 0 Å². The van der Waals surface area contributed by atoms with Crippen LogP contribution in [0.5, 0.6) is 5.75 Å². The maximum Gasteiger partial charge on any atom is 0.420 e. The summed E-state index contributed by atoms with van der Waals surface area (Å²) in [6, 6.07) is 10.9. The highest BCUT2D eigenvalue weighted by Crippen LogP contribution is 2.37. The number of rotatable bonds is 3. The van der Waals surface area contributed by atoms with E-state index >= 15 is 0 Å². The summed E-state index contributed by atoms with van der Waals surface area (Å²) in [5, 5.41) is 0. The average molecular weight is 281 g/mol. The van der Waals surface area contributed by atoms with Gasteiger partial charge in [0.15, 0.2) is 0 Å². The summed E-state index contributed by atoms with van der Waals surface area (Å²) in [7, 11) is 0. The first kappa shape index (κ1) is 14.2. The van der Waals surface area contributed by atoms with Gasteiger partial charge in [0, 0.05) is 5.69 Å². The molecule has 0 bridgehead atoms. The van der Waals surface area contributed by atoms with E-state index in [4.69, 9.17) is 10.5 Å². The number of halogens is 3. The van der Waals surface area contributed by atoms with Crippen molar-refractivity contribution in [1.29, 1.82) is 0 Å². The molecular formula is C15H14F3NO. The molecule has 0 unspecified atom stereocenters. The third kappa shape index (κ3) is 3.44. The van der Waals surface area contributed by atoms with Crippen LogP contribution < -0.4 is 10.5 Å². The van der Waals surface area contributed by atoms with E-state index in [0.717, 1.165) is 17.2 Å². The highest BCUT2D eigenvalue weighted by atomic mass is 19.4. The molecule has 2 rings (SSSR count). The van der Waals surface area contributed by atoms with E-state index in [0.29, 0.717) is 0 Å². The molecule has 0 aromatic heterocycles. The molecule has 0 aliphatic heterocycles. The number of anilines is 1. The van der Waals surface area contributed by atoms with Gasteiger partial charge in [0.05, 0.1) is 5.56 Å². The topological polar surface area (TPSA) is 35.2 Å². The maximum atomic E-state index is 12.9. The normalized spacial score (nSPS) is 11.4. The molecule has 0 saturated heterocycles. The third-order valence-corrected chi connectivity index (χ3v) is 2.82. The van der Waals surface area contributed by atoms with Crippen molar-refractivity contribution in [3.63, 3.8) is 0 Å². The van der Waals surface area contributed by atoms with Crippen molar-refractivity contribution in [2.45, 2.75) is 19.7 Å². The fourth-order valence-corrected chi connectivity index (χ4v) is 1.74. The lowest BCUT2D eigenvalue weighted by molar-refractivity contribution is -0.139. The second-order valence-corrected chi connectivity index (χ2v) is 4.53. The van der Waals surface area contributed by atoms with E-state index < -0.39 is 11.7 Å². The van der Waals surface area contributed by atoms with Crippen molar-refractivity contribution in [3.05, 3.63) is 59.2 Å². The SMILES string of the molecule is Cc1ccc(COc2ccc(N)cc2C(F)(F)F)cc1. The number of hydrogen-bond donors (Lipinski definition) is 1. The van der Waals surface area contributed by atoms with Crippen molar-refractivity contribution >= 4 is 5.69 Å². The number of alkyl halides is 3. The van der Waals surface area contributed by atoms with Crippen LogP contribution in [0.15, 0.2) is 42.5 Å². The highest BCUT2D eigenvalue weighted by molar-refractivity contribution is 5.49. The molecule has 0 amide bonds. The van der Waals surface area contributed by atoms with Crippen molar-refractivity contribution in [3.8, 4) is 5.75 Å². The van der Waals surface area contributed by atoms with Gasteiger partial charge in [-0.2, -0.15) is 13.2 Å². The Hall–Kier alpha value is -2.17.